The maximum Gasteiger partial charge on any atom is 0.0235 e. The zero-order valence-electron chi connectivity index (χ0n) is 12.8. The molecule has 3 heteroatoms. The van der Waals surface area contributed by atoms with Gasteiger partial charge in [0, 0.05) is 31.2 Å². The molecule has 2 heterocycles. The topological polar surface area (TPSA) is 18.5 Å². The van der Waals surface area contributed by atoms with Gasteiger partial charge in [0.15, 0.2) is 0 Å². The van der Waals surface area contributed by atoms with Crippen LogP contribution in [-0.2, 0) is 0 Å². The Hall–Kier alpha value is -0.120. The predicted molar refractivity (Wildman–Crippen MR) is 80.4 cm³/mol. The van der Waals surface area contributed by atoms with Crippen molar-refractivity contribution in [1.29, 1.82) is 0 Å². The minimum atomic E-state index is 0.636. The molecule has 1 saturated carbocycles. The molecule has 3 atom stereocenters. The van der Waals surface area contributed by atoms with E-state index < -0.39 is 0 Å². The molecule has 0 aromatic heterocycles. The molecule has 1 aliphatic carbocycles. The summed E-state index contributed by atoms with van der Waals surface area (Å²) in [4.78, 5) is 5.55. The van der Waals surface area contributed by atoms with E-state index in [1.165, 1.54) is 64.8 Å². The van der Waals surface area contributed by atoms with Gasteiger partial charge in [-0.05, 0) is 57.7 Å². The molecule has 2 saturated heterocycles. The summed E-state index contributed by atoms with van der Waals surface area (Å²) in [7, 11) is 0. The molecule has 2 aliphatic heterocycles. The molecular weight excluding hydrogens is 234 g/mol. The Balaban J connectivity index is 1.45. The largest absolute Gasteiger partial charge is 0.314 e. The van der Waals surface area contributed by atoms with Crippen molar-refractivity contribution >= 4 is 0 Å². The third-order valence-corrected chi connectivity index (χ3v) is 5.49. The first kappa shape index (κ1) is 13.8. The molecule has 3 aliphatic rings. The lowest BCUT2D eigenvalue weighted by Crippen LogP contribution is -2.51. The highest BCUT2D eigenvalue weighted by atomic mass is 15.3. The first-order valence-electron chi connectivity index (χ1n) is 8.45. The Morgan fingerprint density at radius 2 is 1.79 bits per heavy atom. The van der Waals surface area contributed by atoms with Crippen LogP contribution in [0.4, 0.5) is 0 Å². The van der Waals surface area contributed by atoms with E-state index >= 15 is 0 Å². The SMILES string of the molecule is CC(C)NCC1CCC1N1CCC(N2CCCC2)C1. The van der Waals surface area contributed by atoms with E-state index in [4.69, 9.17) is 0 Å². The summed E-state index contributed by atoms with van der Waals surface area (Å²) in [5.41, 5.74) is 0. The van der Waals surface area contributed by atoms with Crippen LogP contribution in [0.2, 0.25) is 0 Å². The maximum atomic E-state index is 3.63. The van der Waals surface area contributed by atoms with Gasteiger partial charge in [-0.2, -0.15) is 0 Å². The fourth-order valence-corrected chi connectivity index (χ4v) is 4.13. The maximum absolute atomic E-state index is 3.63. The molecular formula is C16H31N3. The highest BCUT2D eigenvalue weighted by Gasteiger charge is 2.39. The fourth-order valence-electron chi connectivity index (χ4n) is 4.13. The van der Waals surface area contributed by atoms with Gasteiger partial charge >= 0.3 is 0 Å². The predicted octanol–water partition coefficient (Wildman–Crippen LogP) is 1.93. The molecule has 3 nitrogen and oxygen atoms in total. The summed E-state index contributed by atoms with van der Waals surface area (Å²) in [6, 6.07) is 2.40. The Morgan fingerprint density at radius 3 is 2.42 bits per heavy atom. The third kappa shape index (κ3) is 3.14. The standard InChI is InChI=1S/C16H31N3/c1-13(2)17-11-14-5-6-16(14)19-10-7-15(12-19)18-8-3-4-9-18/h13-17H,3-12H2,1-2H3. The van der Waals surface area contributed by atoms with Gasteiger partial charge in [-0.25, -0.2) is 0 Å². The van der Waals surface area contributed by atoms with Crippen LogP contribution in [0.5, 0.6) is 0 Å². The third-order valence-electron chi connectivity index (χ3n) is 5.49. The number of rotatable bonds is 5. The van der Waals surface area contributed by atoms with Gasteiger partial charge in [0.05, 0.1) is 0 Å². The summed E-state index contributed by atoms with van der Waals surface area (Å²) >= 11 is 0. The second kappa shape index (κ2) is 6.11. The highest BCUT2D eigenvalue weighted by molar-refractivity contribution is 4.96. The monoisotopic (exact) mass is 265 g/mol. The normalized spacial score (nSPS) is 37.1. The molecule has 19 heavy (non-hydrogen) atoms. The summed E-state index contributed by atoms with van der Waals surface area (Å²) in [5.74, 6) is 0.916. The van der Waals surface area contributed by atoms with E-state index in [0.29, 0.717) is 6.04 Å². The molecule has 0 amide bonds. The van der Waals surface area contributed by atoms with Crippen molar-refractivity contribution in [1.82, 2.24) is 15.1 Å². The Labute approximate surface area is 118 Å². The fraction of sp³-hybridized carbons (Fsp3) is 1.00. The van der Waals surface area contributed by atoms with Crippen molar-refractivity contribution in [2.24, 2.45) is 5.92 Å². The van der Waals surface area contributed by atoms with Crippen LogP contribution in [0, 0.1) is 5.92 Å². The van der Waals surface area contributed by atoms with Gasteiger partial charge in [-0.1, -0.05) is 13.8 Å². The first-order valence-corrected chi connectivity index (χ1v) is 8.45. The van der Waals surface area contributed by atoms with E-state index in [-0.39, 0.29) is 0 Å². The molecule has 3 fully saturated rings. The average Bonchev–Trinajstić information content (AvgIpc) is 2.96. The quantitative estimate of drug-likeness (QED) is 0.819. The molecule has 3 rings (SSSR count). The summed E-state index contributed by atoms with van der Waals surface area (Å²) < 4.78 is 0. The zero-order valence-corrected chi connectivity index (χ0v) is 12.8. The van der Waals surface area contributed by atoms with Gasteiger partial charge in [0.25, 0.3) is 0 Å². The Kier molecular flexibility index (Phi) is 4.45. The van der Waals surface area contributed by atoms with E-state index in [1.807, 2.05) is 0 Å². The molecule has 110 valence electrons. The molecule has 0 bridgehead atoms. The summed E-state index contributed by atoms with van der Waals surface area (Å²) in [6.45, 7) is 11.2. The summed E-state index contributed by atoms with van der Waals surface area (Å²) in [6.07, 6.45) is 7.16. The van der Waals surface area contributed by atoms with Crippen LogP contribution in [-0.4, -0.2) is 60.6 Å². The van der Waals surface area contributed by atoms with Crippen molar-refractivity contribution in [3.05, 3.63) is 0 Å². The number of likely N-dealkylation sites (tertiary alicyclic amines) is 2. The highest BCUT2D eigenvalue weighted by Crippen LogP contribution is 2.35. The smallest absolute Gasteiger partial charge is 0.0235 e. The van der Waals surface area contributed by atoms with Crippen molar-refractivity contribution in [3.8, 4) is 0 Å². The van der Waals surface area contributed by atoms with Crippen molar-refractivity contribution < 1.29 is 0 Å². The van der Waals surface area contributed by atoms with E-state index in [1.54, 1.807) is 0 Å². The second-order valence-corrected chi connectivity index (χ2v) is 7.15. The lowest BCUT2D eigenvalue weighted by atomic mass is 9.78. The van der Waals surface area contributed by atoms with Crippen LogP contribution < -0.4 is 5.32 Å². The molecule has 0 aromatic rings. The van der Waals surface area contributed by atoms with Crippen LogP contribution >= 0.6 is 0 Å². The van der Waals surface area contributed by atoms with Gasteiger partial charge in [0.1, 0.15) is 0 Å². The van der Waals surface area contributed by atoms with Gasteiger partial charge in [-0.3, -0.25) is 9.80 Å². The average molecular weight is 265 g/mol. The summed E-state index contributed by atoms with van der Waals surface area (Å²) in [5, 5.41) is 3.63. The number of nitrogens with zero attached hydrogens (tertiary/aromatic N) is 2. The van der Waals surface area contributed by atoms with Gasteiger partial charge in [0.2, 0.25) is 0 Å². The van der Waals surface area contributed by atoms with Crippen molar-refractivity contribution in [2.45, 2.75) is 64.1 Å². The van der Waals surface area contributed by atoms with Crippen LogP contribution in [0.1, 0.15) is 46.0 Å². The molecule has 0 aromatic carbocycles. The second-order valence-electron chi connectivity index (χ2n) is 7.15. The first-order chi connectivity index (χ1) is 9.24. The van der Waals surface area contributed by atoms with E-state index in [0.717, 1.165) is 18.0 Å². The van der Waals surface area contributed by atoms with Gasteiger partial charge in [-0.15, -0.1) is 0 Å². The molecule has 0 spiro atoms. The van der Waals surface area contributed by atoms with Crippen molar-refractivity contribution in [2.75, 3.05) is 32.7 Å². The molecule has 0 radical (unpaired) electrons. The Morgan fingerprint density at radius 1 is 1.00 bits per heavy atom. The number of nitrogens with one attached hydrogen (secondary N) is 1. The number of hydrogen-bond acceptors (Lipinski definition) is 3. The van der Waals surface area contributed by atoms with Crippen LogP contribution in [0.25, 0.3) is 0 Å². The zero-order chi connectivity index (χ0) is 13.2. The lowest BCUT2D eigenvalue weighted by molar-refractivity contribution is 0.0739. The minimum Gasteiger partial charge on any atom is -0.314 e. The lowest BCUT2D eigenvalue weighted by Gasteiger charge is -2.43. The van der Waals surface area contributed by atoms with E-state index in [2.05, 4.69) is 29.0 Å². The van der Waals surface area contributed by atoms with Gasteiger partial charge < -0.3 is 5.32 Å². The Bertz CT molecular complexity index is 286. The minimum absolute atomic E-state index is 0.636. The van der Waals surface area contributed by atoms with Crippen molar-refractivity contribution in [3.63, 3.8) is 0 Å². The van der Waals surface area contributed by atoms with Crippen LogP contribution in [0.3, 0.4) is 0 Å². The molecule has 1 N–H and O–H groups in total. The number of hydrogen-bond donors (Lipinski definition) is 1. The molecule has 3 unspecified atom stereocenters. The van der Waals surface area contributed by atoms with Crippen LogP contribution in [0.15, 0.2) is 0 Å². The van der Waals surface area contributed by atoms with E-state index in [9.17, 15) is 0 Å².